The molecule has 3 aromatic carbocycles. The molecule has 13 heteroatoms. The predicted octanol–water partition coefficient (Wildman–Crippen LogP) is 6.52. The number of allylic oxidation sites excluding steroid dienone is 1. The van der Waals surface area contributed by atoms with Crippen molar-refractivity contribution in [3.8, 4) is 11.8 Å². The van der Waals surface area contributed by atoms with Crippen LogP contribution in [0.2, 0.25) is 5.02 Å². The highest BCUT2D eigenvalue weighted by molar-refractivity contribution is 6.31. The largest absolute Gasteiger partial charge is 0.489 e. The van der Waals surface area contributed by atoms with Crippen LogP contribution in [-0.2, 0) is 4.79 Å². The van der Waals surface area contributed by atoms with Gasteiger partial charge < -0.3 is 30.5 Å². The highest BCUT2D eigenvalue weighted by atomic mass is 35.5. The molecule has 11 nitrogen and oxygen atoms in total. The maximum atomic E-state index is 15.1. The van der Waals surface area contributed by atoms with E-state index < -0.39 is 17.8 Å². The molecule has 1 saturated carbocycles. The second-order valence-electron chi connectivity index (χ2n) is 17.4. The molecule has 0 radical (unpaired) electrons. The summed E-state index contributed by atoms with van der Waals surface area (Å²) in [5.41, 5.74) is 2.74. The third kappa shape index (κ3) is 8.52. The average molecular weight is 810 g/mol. The molecular formula is C45H53ClFN7O4. The van der Waals surface area contributed by atoms with E-state index in [0.29, 0.717) is 46.4 Å². The van der Waals surface area contributed by atoms with E-state index in [1.807, 2.05) is 24.3 Å². The first-order chi connectivity index (χ1) is 27.6. The Balaban J connectivity index is 0.842. The van der Waals surface area contributed by atoms with Crippen molar-refractivity contribution in [1.82, 2.24) is 20.9 Å². The number of carbonyl (C=O) groups excluding carboxylic acids is 3. The fourth-order valence-corrected chi connectivity index (χ4v) is 9.81. The number of hydrogen-bond acceptors (Lipinski definition) is 8. The Bertz CT molecular complexity index is 2090. The van der Waals surface area contributed by atoms with E-state index >= 15 is 4.39 Å². The van der Waals surface area contributed by atoms with Gasteiger partial charge in [-0.3, -0.25) is 19.3 Å². The van der Waals surface area contributed by atoms with Crippen LogP contribution in [-0.4, -0.2) is 86.6 Å². The predicted molar refractivity (Wildman–Crippen MR) is 224 cm³/mol. The normalized spacial score (nSPS) is 23.3. The number of benzene rings is 3. The van der Waals surface area contributed by atoms with E-state index in [4.69, 9.17) is 16.3 Å². The second-order valence-corrected chi connectivity index (χ2v) is 17.8. The van der Waals surface area contributed by atoms with Crippen LogP contribution >= 0.6 is 11.6 Å². The Morgan fingerprint density at radius 1 is 0.897 bits per heavy atom. The third-order valence-electron chi connectivity index (χ3n) is 12.6. The lowest BCUT2D eigenvalue weighted by molar-refractivity contribution is -0.164. The highest BCUT2D eigenvalue weighted by Crippen LogP contribution is 2.55. The first-order valence-corrected chi connectivity index (χ1v) is 20.6. The van der Waals surface area contributed by atoms with Gasteiger partial charge in [0.25, 0.3) is 11.8 Å². The van der Waals surface area contributed by atoms with Gasteiger partial charge >= 0.3 is 0 Å². The third-order valence-corrected chi connectivity index (χ3v) is 13.0. The molecule has 1 unspecified atom stereocenters. The van der Waals surface area contributed by atoms with Crippen LogP contribution in [0.15, 0.2) is 72.9 Å². The van der Waals surface area contributed by atoms with Gasteiger partial charge in [0.15, 0.2) is 0 Å². The van der Waals surface area contributed by atoms with Crippen molar-refractivity contribution in [2.24, 2.45) is 16.7 Å². The molecular weight excluding hydrogens is 757 g/mol. The summed E-state index contributed by atoms with van der Waals surface area (Å²) in [4.78, 5) is 45.5. The van der Waals surface area contributed by atoms with Crippen molar-refractivity contribution in [3.05, 3.63) is 100 Å². The molecule has 3 N–H and O–H groups in total. The number of carbonyl (C=O) groups is 3. The van der Waals surface area contributed by atoms with Crippen LogP contribution < -0.4 is 30.5 Å². The smallest absolute Gasteiger partial charge is 0.254 e. The number of piperazine rings is 1. The molecule has 3 heterocycles. The van der Waals surface area contributed by atoms with Gasteiger partial charge in [-0.25, -0.2) is 4.39 Å². The van der Waals surface area contributed by atoms with Crippen LogP contribution in [0.25, 0.3) is 0 Å². The zero-order valence-corrected chi connectivity index (χ0v) is 34.5. The van der Waals surface area contributed by atoms with E-state index in [1.54, 1.807) is 24.3 Å². The van der Waals surface area contributed by atoms with Crippen LogP contribution in [0.4, 0.5) is 15.8 Å². The summed E-state index contributed by atoms with van der Waals surface area (Å²) in [6.07, 6.45) is 2.99. The molecule has 4 fully saturated rings. The van der Waals surface area contributed by atoms with Gasteiger partial charge in [-0.05, 0) is 86.2 Å². The van der Waals surface area contributed by atoms with Crippen molar-refractivity contribution in [3.63, 3.8) is 0 Å². The van der Waals surface area contributed by atoms with Crippen LogP contribution in [0.5, 0.6) is 5.75 Å². The fourth-order valence-electron chi connectivity index (χ4n) is 9.59. The number of piperidine rings is 2. The molecule has 7 rings (SSSR count). The van der Waals surface area contributed by atoms with Gasteiger partial charge in [0, 0.05) is 91.4 Å². The van der Waals surface area contributed by atoms with Crippen LogP contribution in [0.1, 0.15) is 79.7 Å². The standard InChI is InChI=1S/C45H53ClFN7O4/c1-28-6-15-38(41(57)49-28)50-40(56)35-14-12-33(24-37(35)47)54-22-20-52(21-23-54)27-29-16-18-53(19-17-29)32-10-7-30(8-11-32)39(55)51-42-44(2,3)43(45(42,4)5)58-34-13-9-31(26-48)36(46)25-34/h7-14,24-25,29,38,42-43H,1,6,15-23,27H2,2-5H3,(H,49,57)(H,50,56)(H,51,55). The minimum Gasteiger partial charge on any atom is -0.489 e. The van der Waals surface area contributed by atoms with Crippen molar-refractivity contribution in [2.75, 3.05) is 55.6 Å². The number of ether oxygens (including phenoxy) is 1. The summed E-state index contributed by atoms with van der Waals surface area (Å²) < 4.78 is 21.5. The molecule has 1 atom stereocenters. The minimum absolute atomic E-state index is 0.0702. The Hall–Kier alpha value is -5.12. The lowest BCUT2D eigenvalue weighted by atomic mass is 9.49. The number of anilines is 2. The molecule has 58 heavy (non-hydrogen) atoms. The summed E-state index contributed by atoms with van der Waals surface area (Å²) >= 11 is 6.25. The number of nitrogens with one attached hydrogen (secondary N) is 3. The Kier molecular flexibility index (Phi) is 11.8. The van der Waals surface area contributed by atoms with Crippen LogP contribution in [0, 0.1) is 33.9 Å². The first kappa shape index (κ1) is 41.1. The van der Waals surface area contributed by atoms with Gasteiger partial charge in [-0.15, -0.1) is 0 Å². The monoisotopic (exact) mass is 809 g/mol. The lowest BCUT2D eigenvalue weighted by Crippen LogP contribution is -2.74. The molecule has 0 aromatic heterocycles. The zero-order valence-electron chi connectivity index (χ0n) is 33.7. The molecule has 3 saturated heterocycles. The molecule has 0 bridgehead atoms. The van der Waals surface area contributed by atoms with Crippen molar-refractivity contribution < 1.29 is 23.5 Å². The van der Waals surface area contributed by atoms with E-state index in [1.165, 1.54) is 12.1 Å². The number of hydrogen-bond donors (Lipinski definition) is 3. The molecule has 306 valence electrons. The molecule has 4 aliphatic rings. The highest BCUT2D eigenvalue weighted by Gasteiger charge is 2.64. The van der Waals surface area contributed by atoms with Gasteiger partial charge in [-0.1, -0.05) is 45.9 Å². The molecule has 3 amide bonds. The Labute approximate surface area is 345 Å². The second kappa shape index (κ2) is 16.6. The molecule has 3 aromatic rings. The maximum absolute atomic E-state index is 15.1. The number of rotatable bonds is 10. The van der Waals surface area contributed by atoms with Crippen molar-refractivity contribution in [2.45, 2.75) is 71.6 Å². The van der Waals surface area contributed by atoms with Gasteiger partial charge in [-0.2, -0.15) is 5.26 Å². The first-order valence-electron chi connectivity index (χ1n) is 20.2. The SMILES string of the molecule is C=C1CCC(NC(=O)c2ccc(N3CCN(CC4CCN(c5ccc(C(=O)NC6C(C)(C)C(Oc7ccc(C#N)c(Cl)c7)C6(C)C)cc5)CC4)CC3)cc2F)C(=O)N1. The lowest BCUT2D eigenvalue weighted by Gasteiger charge is -2.63. The van der Waals surface area contributed by atoms with Crippen molar-refractivity contribution in [1.29, 1.82) is 5.26 Å². The number of nitrogens with zero attached hydrogens (tertiary/aromatic N) is 4. The minimum atomic E-state index is -0.704. The summed E-state index contributed by atoms with van der Waals surface area (Å²) in [6, 6.07) is 18.9. The van der Waals surface area contributed by atoms with E-state index in [-0.39, 0.29) is 40.4 Å². The van der Waals surface area contributed by atoms with Crippen LogP contribution in [0.3, 0.4) is 0 Å². The van der Waals surface area contributed by atoms with Gasteiger partial charge in [0.2, 0.25) is 5.91 Å². The summed E-state index contributed by atoms with van der Waals surface area (Å²) in [5.74, 6) is -0.448. The fraction of sp³-hybridized carbons (Fsp3) is 0.467. The van der Waals surface area contributed by atoms with E-state index in [9.17, 15) is 19.6 Å². The summed E-state index contributed by atoms with van der Waals surface area (Å²) in [7, 11) is 0. The van der Waals surface area contributed by atoms with E-state index in [0.717, 1.165) is 70.0 Å². The van der Waals surface area contributed by atoms with Gasteiger partial charge in [0.1, 0.15) is 29.8 Å². The summed E-state index contributed by atoms with van der Waals surface area (Å²) in [6.45, 7) is 18.4. The van der Waals surface area contributed by atoms with Gasteiger partial charge in [0.05, 0.1) is 16.1 Å². The zero-order chi connectivity index (χ0) is 41.4. The number of halogens is 2. The number of amides is 3. The van der Waals surface area contributed by atoms with Crippen molar-refractivity contribution >= 4 is 40.7 Å². The molecule has 1 aliphatic carbocycles. The summed E-state index contributed by atoms with van der Waals surface area (Å²) in [5, 5.41) is 18.1. The number of nitriles is 1. The van der Waals surface area contributed by atoms with E-state index in [2.05, 4.69) is 71.0 Å². The topological polar surface area (TPSA) is 130 Å². The molecule has 3 aliphatic heterocycles. The average Bonchev–Trinajstić information content (AvgIpc) is 3.20. The molecule has 0 spiro atoms. The Morgan fingerprint density at radius 3 is 2.17 bits per heavy atom. The Morgan fingerprint density at radius 2 is 1.55 bits per heavy atom. The quantitative estimate of drug-likeness (QED) is 0.211. The maximum Gasteiger partial charge on any atom is 0.254 e.